The van der Waals surface area contributed by atoms with Gasteiger partial charge in [-0.3, -0.25) is 4.79 Å². The maximum Gasteiger partial charge on any atom is 0.162 e. The number of allylic oxidation sites excluding steroid dienone is 2. The molecule has 0 spiro atoms. The Balaban J connectivity index is 1.90. The third-order valence-electron chi connectivity index (χ3n) is 4.07. The number of aliphatic hydroxyl groups excluding tert-OH is 1. The molecule has 0 aromatic carbocycles. The Morgan fingerprint density at radius 3 is 2.00 bits per heavy atom. The van der Waals surface area contributed by atoms with Crippen LogP contribution in [0, 0.1) is 11.8 Å². The quantitative estimate of drug-likeness (QED) is 0.583. The predicted molar refractivity (Wildman–Crippen MR) is 64.3 cm³/mol. The van der Waals surface area contributed by atoms with Gasteiger partial charge >= 0.3 is 0 Å². The van der Waals surface area contributed by atoms with Gasteiger partial charge in [-0.15, -0.1) is 0 Å². The van der Waals surface area contributed by atoms with Crippen molar-refractivity contribution in [3.05, 3.63) is 11.8 Å². The van der Waals surface area contributed by atoms with Crippen LogP contribution in [0.25, 0.3) is 0 Å². The minimum absolute atomic E-state index is 0.170. The molecule has 2 saturated carbocycles. The molecule has 0 unspecified atom stereocenters. The van der Waals surface area contributed by atoms with E-state index in [0.29, 0.717) is 5.76 Å². The van der Waals surface area contributed by atoms with Crippen LogP contribution in [0.1, 0.15) is 57.8 Å². The maximum atomic E-state index is 11.9. The number of hydrogen-bond donors (Lipinski definition) is 1. The van der Waals surface area contributed by atoms with Gasteiger partial charge in [-0.2, -0.15) is 0 Å². The zero-order valence-corrected chi connectivity index (χ0v) is 9.95. The van der Waals surface area contributed by atoms with Crippen LogP contribution in [0.4, 0.5) is 0 Å². The second-order valence-corrected chi connectivity index (χ2v) is 5.29. The first-order chi connectivity index (χ1) is 7.77. The van der Waals surface area contributed by atoms with Crippen molar-refractivity contribution < 1.29 is 9.90 Å². The highest BCUT2D eigenvalue weighted by molar-refractivity contribution is 5.92. The van der Waals surface area contributed by atoms with Gasteiger partial charge in [0.15, 0.2) is 5.78 Å². The highest BCUT2D eigenvalue weighted by Gasteiger charge is 2.23. The molecule has 2 fully saturated rings. The molecule has 90 valence electrons. The normalized spacial score (nSPS) is 24.9. The van der Waals surface area contributed by atoms with Gasteiger partial charge in [-0.1, -0.05) is 32.1 Å². The molecule has 0 atom stereocenters. The number of carbonyl (C=O) groups excluding carboxylic acids is 1. The van der Waals surface area contributed by atoms with E-state index < -0.39 is 0 Å². The summed E-state index contributed by atoms with van der Waals surface area (Å²) in [6.45, 7) is 0. The first-order valence-corrected chi connectivity index (χ1v) is 6.72. The van der Waals surface area contributed by atoms with Gasteiger partial charge in [-0.05, 0) is 25.7 Å². The standard InChI is InChI=1S/C14H22O2/c15-13(11-6-2-1-3-7-11)10-14(16)12-8-4-5-9-12/h10-12,16H,1-9H2/b14-10-. The van der Waals surface area contributed by atoms with Crippen LogP contribution in [0.5, 0.6) is 0 Å². The van der Waals surface area contributed by atoms with E-state index in [-0.39, 0.29) is 17.6 Å². The van der Waals surface area contributed by atoms with Gasteiger partial charge in [-0.25, -0.2) is 0 Å². The van der Waals surface area contributed by atoms with E-state index in [4.69, 9.17) is 0 Å². The van der Waals surface area contributed by atoms with Gasteiger partial charge in [0.2, 0.25) is 0 Å². The molecule has 0 saturated heterocycles. The largest absolute Gasteiger partial charge is 0.512 e. The summed E-state index contributed by atoms with van der Waals surface area (Å²) in [4.78, 5) is 11.9. The summed E-state index contributed by atoms with van der Waals surface area (Å²) < 4.78 is 0. The molecule has 0 aromatic rings. The minimum Gasteiger partial charge on any atom is -0.512 e. The number of rotatable bonds is 3. The Bertz CT molecular complexity index is 268. The van der Waals surface area contributed by atoms with Crippen molar-refractivity contribution in [3.8, 4) is 0 Å². The lowest BCUT2D eigenvalue weighted by Crippen LogP contribution is -2.16. The van der Waals surface area contributed by atoms with E-state index in [1.807, 2.05) is 0 Å². The fourth-order valence-corrected chi connectivity index (χ4v) is 2.99. The molecular formula is C14H22O2. The molecule has 1 N–H and O–H groups in total. The summed E-state index contributed by atoms with van der Waals surface area (Å²) in [7, 11) is 0. The molecule has 2 aliphatic carbocycles. The number of hydrogen-bond acceptors (Lipinski definition) is 2. The van der Waals surface area contributed by atoms with E-state index >= 15 is 0 Å². The van der Waals surface area contributed by atoms with Crippen molar-refractivity contribution in [1.29, 1.82) is 0 Å². The van der Waals surface area contributed by atoms with Crippen molar-refractivity contribution in [2.45, 2.75) is 57.8 Å². The lowest BCUT2D eigenvalue weighted by molar-refractivity contribution is -0.119. The van der Waals surface area contributed by atoms with Crippen LogP contribution < -0.4 is 0 Å². The topological polar surface area (TPSA) is 37.3 Å². The van der Waals surface area contributed by atoms with E-state index in [2.05, 4.69) is 0 Å². The maximum absolute atomic E-state index is 11.9. The Hall–Kier alpha value is -0.790. The third-order valence-corrected chi connectivity index (χ3v) is 4.07. The van der Waals surface area contributed by atoms with Crippen LogP contribution >= 0.6 is 0 Å². The van der Waals surface area contributed by atoms with Gasteiger partial charge in [0.1, 0.15) is 0 Å². The molecule has 2 nitrogen and oxygen atoms in total. The van der Waals surface area contributed by atoms with Crippen LogP contribution in [0.3, 0.4) is 0 Å². The lowest BCUT2D eigenvalue weighted by Gasteiger charge is -2.19. The van der Waals surface area contributed by atoms with Gasteiger partial charge in [0.05, 0.1) is 5.76 Å². The molecule has 0 radical (unpaired) electrons. The van der Waals surface area contributed by atoms with Gasteiger partial charge in [0.25, 0.3) is 0 Å². The van der Waals surface area contributed by atoms with Crippen LogP contribution in [0.2, 0.25) is 0 Å². The summed E-state index contributed by atoms with van der Waals surface area (Å²) in [5.41, 5.74) is 0. The Kier molecular flexibility index (Phi) is 4.03. The molecule has 2 heteroatoms. The average Bonchev–Trinajstić information content (AvgIpc) is 2.83. The zero-order chi connectivity index (χ0) is 11.4. The molecule has 0 bridgehead atoms. The highest BCUT2D eigenvalue weighted by atomic mass is 16.3. The zero-order valence-electron chi connectivity index (χ0n) is 9.95. The lowest BCUT2D eigenvalue weighted by atomic mass is 9.85. The second-order valence-electron chi connectivity index (χ2n) is 5.29. The van der Waals surface area contributed by atoms with Crippen molar-refractivity contribution in [1.82, 2.24) is 0 Å². The second kappa shape index (κ2) is 5.51. The number of aliphatic hydroxyl groups is 1. The predicted octanol–water partition coefficient (Wildman–Crippen LogP) is 3.77. The monoisotopic (exact) mass is 222 g/mol. The molecule has 2 rings (SSSR count). The van der Waals surface area contributed by atoms with E-state index in [1.54, 1.807) is 0 Å². The van der Waals surface area contributed by atoms with Gasteiger partial charge < -0.3 is 5.11 Å². The fourth-order valence-electron chi connectivity index (χ4n) is 2.99. The van der Waals surface area contributed by atoms with Crippen molar-refractivity contribution in [2.75, 3.05) is 0 Å². The summed E-state index contributed by atoms with van der Waals surface area (Å²) in [5, 5.41) is 9.89. The molecule has 0 heterocycles. The Labute approximate surface area is 97.7 Å². The molecule has 2 aliphatic rings. The summed E-state index contributed by atoms with van der Waals surface area (Å²) >= 11 is 0. The Morgan fingerprint density at radius 1 is 0.875 bits per heavy atom. The number of carbonyl (C=O) groups is 1. The first-order valence-electron chi connectivity index (χ1n) is 6.72. The van der Waals surface area contributed by atoms with Crippen molar-refractivity contribution in [2.24, 2.45) is 11.8 Å². The average molecular weight is 222 g/mol. The van der Waals surface area contributed by atoms with Crippen LogP contribution in [-0.4, -0.2) is 10.9 Å². The molecule has 0 aromatic heterocycles. The first kappa shape index (κ1) is 11.7. The fraction of sp³-hybridized carbons (Fsp3) is 0.786. The van der Waals surface area contributed by atoms with E-state index in [1.165, 1.54) is 38.2 Å². The summed E-state index contributed by atoms with van der Waals surface area (Å²) in [6.07, 6.45) is 11.7. The molecular weight excluding hydrogens is 200 g/mol. The minimum atomic E-state index is 0.170. The summed E-state index contributed by atoms with van der Waals surface area (Å²) in [6, 6.07) is 0. The van der Waals surface area contributed by atoms with Crippen LogP contribution in [-0.2, 0) is 4.79 Å². The SMILES string of the molecule is O=C(/C=C(\O)C1CCCC1)C1CCCCC1. The van der Waals surface area contributed by atoms with Gasteiger partial charge in [0, 0.05) is 17.9 Å². The van der Waals surface area contributed by atoms with Crippen molar-refractivity contribution >= 4 is 5.78 Å². The van der Waals surface area contributed by atoms with Crippen LogP contribution in [0.15, 0.2) is 11.8 Å². The molecule has 0 aliphatic heterocycles. The smallest absolute Gasteiger partial charge is 0.162 e. The Morgan fingerprint density at radius 2 is 1.38 bits per heavy atom. The third kappa shape index (κ3) is 2.87. The van der Waals surface area contributed by atoms with E-state index in [9.17, 15) is 9.90 Å². The summed E-state index contributed by atoms with van der Waals surface area (Å²) in [5.74, 6) is 0.988. The molecule has 16 heavy (non-hydrogen) atoms. The number of ketones is 1. The van der Waals surface area contributed by atoms with Crippen molar-refractivity contribution in [3.63, 3.8) is 0 Å². The highest BCUT2D eigenvalue weighted by Crippen LogP contribution is 2.31. The molecule has 0 amide bonds. The van der Waals surface area contributed by atoms with E-state index in [0.717, 1.165) is 25.7 Å².